The third kappa shape index (κ3) is 5.20. The normalized spacial score (nSPS) is 8.14. The maximum atomic E-state index is 11.1. The number of nitrogens with one attached hydrogen (secondary N) is 1. The van der Waals surface area contributed by atoms with Crippen LogP contribution in [0.3, 0.4) is 0 Å². The van der Waals surface area contributed by atoms with Crippen LogP contribution in [0.15, 0.2) is 0 Å². The summed E-state index contributed by atoms with van der Waals surface area (Å²) in [5.41, 5.74) is 4.56. The van der Waals surface area contributed by atoms with Crippen LogP contribution < -0.4 is 11.1 Å². The minimum atomic E-state index is -0.683. The second-order valence-corrected chi connectivity index (χ2v) is 0.980. The average molecular weight is 106 g/mol. The van der Waals surface area contributed by atoms with Gasteiger partial charge in [0.15, 0.2) is 0 Å². The van der Waals surface area contributed by atoms with E-state index in [9.17, 15) is 9.18 Å². The highest BCUT2D eigenvalue weighted by atomic mass is 19.1. The summed E-state index contributed by atoms with van der Waals surface area (Å²) in [5.74, 6) is 0. The summed E-state index contributed by atoms with van der Waals surface area (Å²) in [6.07, 6.45) is 0. The van der Waals surface area contributed by atoms with Gasteiger partial charge in [-0.1, -0.05) is 0 Å². The van der Waals surface area contributed by atoms with Crippen LogP contribution in [0, 0.1) is 0 Å². The molecule has 3 nitrogen and oxygen atoms in total. The fourth-order valence-corrected chi connectivity index (χ4v) is 0.170. The van der Waals surface area contributed by atoms with Crippen LogP contribution in [-0.2, 0) is 0 Å². The highest BCUT2D eigenvalue weighted by molar-refractivity contribution is 5.71. The van der Waals surface area contributed by atoms with Crippen molar-refractivity contribution < 1.29 is 9.18 Å². The Kier molecular flexibility index (Phi) is 3.00. The van der Waals surface area contributed by atoms with E-state index < -0.39 is 12.7 Å². The smallest absolute Gasteiger partial charge is 0.312 e. The van der Waals surface area contributed by atoms with Gasteiger partial charge in [0, 0.05) is 6.54 Å². The zero-order valence-corrected chi connectivity index (χ0v) is 3.78. The number of primary amides is 1. The summed E-state index contributed by atoms with van der Waals surface area (Å²) < 4.78 is 11.1. The predicted octanol–water partition coefficient (Wildman–Crippen LogP) is -0.376. The molecule has 0 aromatic carbocycles. The predicted molar refractivity (Wildman–Crippen MR) is 23.6 cm³/mol. The molecule has 42 valence electrons. The van der Waals surface area contributed by atoms with Gasteiger partial charge in [0.1, 0.15) is 6.67 Å². The van der Waals surface area contributed by atoms with Gasteiger partial charge in [0.25, 0.3) is 0 Å². The van der Waals surface area contributed by atoms with Crippen LogP contribution in [0.25, 0.3) is 0 Å². The van der Waals surface area contributed by atoms with Crippen molar-refractivity contribution in [1.82, 2.24) is 5.32 Å². The summed E-state index contributed by atoms with van der Waals surface area (Å²) in [4.78, 5) is 9.70. The zero-order chi connectivity index (χ0) is 5.70. The van der Waals surface area contributed by atoms with E-state index in [0.717, 1.165) is 0 Å². The van der Waals surface area contributed by atoms with Crippen molar-refractivity contribution in [2.24, 2.45) is 5.73 Å². The molecule has 0 saturated carbocycles. The Bertz CT molecular complexity index is 66.0. The molecule has 0 aromatic rings. The van der Waals surface area contributed by atoms with Crippen LogP contribution in [0.1, 0.15) is 0 Å². The third-order valence-corrected chi connectivity index (χ3v) is 0.394. The summed E-state index contributed by atoms with van der Waals surface area (Å²) >= 11 is 0. The first-order valence-electron chi connectivity index (χ1n) is 1.86. The van der Waals surface area contributed by atoms with Gasteiger partial charge in [0.05, 0.1) is 0 Å². The first-order valence-corrected chi connectivity index (χ1v) is 1.86. The molecule has 0 rings (SSSR count). The van der Waals surface area contributed by atoms with E-state index in [0.29, 0.717) is 0 Å². The molecule has 0 aliphatic rings. The van der Waals surface area contributed by atoms with Gasteiger partial charge in [0.2, 0.25) is 0 Å². The van der Waals surface area contributed by atoms with Crippen molar-refractivity contribution in [3.8, 4) is 0 Å². The number of carbonyl (C=O) groups excluding carboxylic acids is 1. The molecule has 0 spiro atoms. The Morgan fingerprint density at radius 2 is 2.43 bits per heavy atom. The highest BCUT2D eigenvalue weighted by Gasteiger charge is 1.85. The van der Waals surface area contributed by atoms with E-state index in [1.807, 2.05) is 0 Å². The molecule has 0 aliphatic heterocycles. The lowest BCUT2D eigenvalue weighted by atomic mass is 10.7. The van der Waals surface area contributed by atoms with Gasteiger partial charge >= 0.3 is 6.03 Å². The minimum absolute atomic E-state index is 0.00926. The molecule has 0 radical (unpaired) electrons. The SMILES string of the molecule is NC(=O)NCCF. The molecule has 0 bridgehead atoms. The second kappa shape index (κ2) is 3.39. The number of alkyl halides is 1. The molecule has 0 aliphatic carbocycles. The summed E-state index contributed by atoms with van der Waals surface area (Å²) in [6, 6.07) is -0.683. The van der Waals surface area contributed by atoms with E-state index >= 15 is 0 Å². The van der Waals surface area contributed by atoms with E-state index in [-0.39, 0.29) is 6.54 Å². The van der Waals surface area contributed by atoms with Crippen molar-refractivity contribution in [2.75, 3.05) is 13.2 Å². The van der Waals surface area contributed by atoms with Crippen LogP contribution in [0.2, 0.25) is 0 Å². The van der Waals surface area contributed by atoms with E-state index in [4.69, 9.17) is 0 Å². The minimum Gasteiger partial charge on any atom is -0.352 e. The Balaban J connectivity index is 2.82. The first kappa shape index (κ1) is 6.20. The van der Waals surface area contributed by atoms with E-state index in [2.05, 4.69) is 11.1 Å². The quantitative estimate of drug-likeness (QED) is 0.495. The number of hydrogen-bond acceptors (Lipinski definition) is 1. The molecular formula is C3H7FN2O. The Labute approximate surface area is 40.7 Å². The largest absolute Gasteiger partial charge is 0.352 e. The monoisotopic (exact) mass is 106 g/mol. The molecule has 0 fully saturated rings. The summed E-state index contributed by atoms with van der Waals surface area (Å²) in [7, 11) is 0. The van der Waals surface area contributed by atoms with Gasteiger partial charge in [-0.05, 0) is 0 Å². The molecule has 4 heteroatoms. The number of amides is 2. The van der Waals surface area contributed by atoms with Crippen LogP contribution in [-0.4, -0.2) is 19.3 Å². The van der Waals surface area contributed by atoms with Crippen LogP contribution in [0.4, 0.5) is 9.18 Å². The van der Waals surface area contributed by atoms with Gasteiger partial charge in [-0.25, -0.2) is 9.18 Å². The van der Waals surface area contributed by atoms with Crippen LogP contribution >= 0.6 is 0 Å². The first-order chi connectivity index (χ1) is 3.27. The molecule has 7 heavy (non-hydrogen) atoms. The number of urea groups is 1. The van der Waals surface area contributed by atoms with Crippen LogP contribution in [0.5, 0.6) is 0 Å². The molecule has 0 heterocycles. The molecule has 3 N–H and O–H groups in total. The molecule has 0 saturated heterocycles. The fraction of sp³-hybridized carbons (Fsp3) is 0.667. The zero-order valence-electron chi connectivity index (χ0n) is 3.78. The number of halogens is 1. The molecule has 2 amide bonds. The maximum absolute atomic E-state index is 11.1. The van der Waals surface area contributed by atoms with Gasteiger partial charge < -0.3 is 11.1 Å². The lowest BCUT2D eigenvalue weighted by molar-refractivity contribution is 0.248. The highest BCUT2D eigenvalue weighted by Crippen LogP contribution is 1.60. The van der Waals surface area contributed by atoms with Gasteiger partial charge in [-0.15, -0.1) is 0 Å². The molecule has 0 unspecified atom stereocenters. The second-order valence-electron chi connectivity index (χ2n) is 0.980. The van der Waals surface area contributed by atoms with Crippen molar-refractivity contribution in [3.05, 3.63) is 0 Å². The Hall–Kier alpha value is -0.800. The standard InChI is InChI=1S/C3H7FN2O/c4-1-2-6-3(5)7/h1-2H2,(H3,5,6,7). The number of hydrogen-bond donors (Lipinski definition) is 2. The molecular weight excluding hydrogens is 99.0 g/mol. The summed E-state index contributed by atoms with van der Waals surface area (Å²) in [6.45, 7) is -0.557. The topological polar surface area (TPSA) is 55.1 Å². The lowest BCUT2D eigenvalue weighted by Gasteiger charge is -1.91. The van der Waals surface area contributed by atoms with E-state index in [1.165, 1.54) is 0 Å². The van der Waals surface area contributed by atoms with Gasteiger partial charge in [-0.3, -0.25) is 0 Å². The number of carbonyl (C=O) groups is 1. The average Bonchev–Trinajstić information content (AvgIpc) is 1.61. The molecule has 0 aromatic heterocycles. The summed E-state index contributed by atoms with van der Waals surface area (Å²) in [5, 5.41) is 2.06. The fourth-order valence-electron chi connectivity index (χ4n) is 0.170. The Morgan fingerprint density at radius 1 is 1.86 bits per heavy atom. The van der Waals surface area contributed by atoms with E-state index in [1.54, 1.807) is 0 Å². The van der Waals surface area contributed by atoms with Crippen molar-refractivity contribution >= 4 is 6.03 Å². The van der Waals surface area contributed by atoms with Crippen molar-refractivity contribution in [2.45, 2.75) is 0 Å². The van der Waals surface area contributed by atoms with Gasteiger partial charge in [-0.2, -0.15) is 0 Å². The maximum Gasteiger partial charge on any atom is 0.312 e. The lowest BCUT2D eigenvalue weighted by Crippen LogP contribution is -2.30. The van der Waals surface area contributed by atoms with Crippen molar-refractivity contribution in [3.63, 3.8) is 0 Å². The molecule has 0 atom stereocenters. The number of nitrogens with two attached hydrogens (primary N) is 1. The Morgan fingerprint density at radius 3 is 2.57 bits per heavy atom. The third-order valence-electron chi connectivity index (χ3n) is 0.394. The number of rotatable bonds is 2. The van der Waals surface area contributed by atoms with Crippen molar-refractivity contribution in [1.29, 1.82) is 0 Å².